The number of benzene rings is 3. The molecule has 0 aliphatic rings. The Bertz CT molecular complexity index is 1160. The molecular formula is C27H27N3OS. The number of hydrogen-bond donors (Lipinski definition) is 1. The summed E-state index contributed by atoms with van der Waals surface area (Å²) in [6.45, 7) is 4.86. The van der Waals surface area contributed by atoms with Crippen molar-refractivity contribution in [3.63, 3.8) is 0 Å². The third-order valence-electron chi connectivity index (χ3n) is 5.00. The van der Waals surface area contributed by atoms with Crippen LogP contribution in [0.25, 0.3) is 28.2 Å². The highest BCUT2D eigenvalue weighted by Crippen LogP contribution is 2.38. The molecule has 4 rings (SSSR count). The van der Waals surface area contributed by atoms with Gasteiger partial charge < -0.3 is 5.32 Å². The van der Waals surface area contributed by atoms with Crippen LogP contribution in [0.2, 0.25) is 0 Å². The smallest absolute Gasteiger partial charge is 0.230 e. The van der Waals surface area contributed by atoms with Crippen molar-refractivity contribution in [2.75, 3.05) is 12.3 Å². The van der Waals surface area contributed by atoms with Crippen LogP contribution in [0.3, 0.4) is 0 Å². The molecule has 162 valence electrons. The highest BCUT2D eigenvalue weighted by Gasteiger charge is 2.22. The average molecular weight is 442 g/mol. The van der Waals surface area contributed by atoms with Crippen LogP contribution >= 0.6 is 11.8 Å². The van der Waals surface area contributed by atoms with Gasteiger partial charge in [-0.25, -0.2) is 4.98 Å². The van der Waals surface area contributed by atoms with Crippen LogP contribution in [0.15, 0.2) is 96.2 Å². The maximum absolute atomic E-state index is 12.4. The second kappa shape index (κ2) is 10.3. The van der Waals surface area contributed by atoms with Crippen molar-refractivity contribution >= 4 is 17.7 Å². The molecule has 4 aromatic rings. The zero-order chi connectivity index (χ0) is 22.3. The van der Waals surface area contributed by atoms with Crippen LogP contribution in [-0.2, 0) is 4.79 Å². The number of carbonyl (C=O) groups excluding carboxylic acids is 1. The highest BCUT2D eigenvalue weighted by molar-refractivity contribution is 7.99. The van der Waals surface area contributed by atoms with Gasteiger partial charge >= 0.3 is 0 Å². The van der Waals surface area contributed by atoms with Crippen molar-refractivity contribution in [3.05, 3.63) is 91.0 Å². The van der Waals surface area contributed by atoms with Gasteiger partial charge in [-0.15, -0.1) is 0 Å². The number of para-hydroxylation sites is 1. The lowest BCUT2D eigenvalue weighted by Crippen LogP contribution is -2.28. The molecule has 0 spiro atoms. The number of nitrogens with zero attached hydrogens (tertiary/aromatic N) is 2. The summed E-state index contributed by atoms with van der Waals surface area (Å²) >= 11 is 1.47. The first-order valence-electron chi connectivity index (χ1n) is 10.8. The molecule has 32 heavy (non-hydrogen) atoms. The summed E-state index contributed by atoms with van der Waals surface area (Å²) in [4.78, 5) is 17.5. The molecule has 0 bridgehead atoms. The van der Waals surface area contributed by atoms with Crippen molar-refractivity contribution in [2.24, 2.45) is 5.92 Å². The Morgan fingerprint density at radius 2 is 1.44 bits per heavy atom. The predicted octanol–water partition coefficient (Wildman–Crippen LogP) is 6.07. The minimum atomic E-state index is 0.0221. The van der Waals surface area contributed by atoms with Gasteiger partial charge in [0.15, 0.2) is 5.16 Å². The van der Waals surface area contributed by atoms with Gasteiger partial charge in [0.2, 0.25) is 5.91 Å². The number of amides is 1. The third-order valence-corrected chi connectivity index (χ3v) is 5.93. The van der Waals surface area contributed by atoms with Gasteiger partial charge in [0, 0.05) is 23.4 Å². The zero-order valence-electron chi connectivity index (χ0n) is 18.4. The first-order valence-corrected chi connectivity index (χ1v) is 11.8. The summed E-state index contributed by atoms with van der Waals surface area (Å²) in [6, 6.07) is 30.7. The fourth-order valence-corrected chi connectivity index (χ4v) is 4.32. The van der Waals surface area contributed by atoms with Gasteiger partial charge in [0.05, 0.1) is 17.1 Å². The normalized spacial score (nSPS) is 11.0. The number of hydrogen-bond acceptors (Lipinski definition) is 3. The van der Waals surface area contributed by atoms with E-state index < -0.39 is 0 Å². The number of thioether (sulfide) groups is 1. The maximum Gasteiger partial charge on any atom is 0.230 e. The molecule has 0 saturated carbocycles. The first kappa shape index (κ1) is 21.9. The van der Waals surface area contributed by atoms with Crippen LogP contribution < -0.4 is 5.32 Å². The molecule has 1 N–H and O–H groups in total. The number of rotatable bonds is 8. The molecule has 1 heterocycles. The van der Waals surface area contributed by atoms with Crippen molar-refractivity contribution in [1.82, 2.24) is 14.9 Å². The molecular weight excluding hydrogens is 414 g/mol. The summed E-state index contributed by atoms with van der Waals surface area (Å²) in [6.07, 6.45) is 0. The molecule has 0 aliphatic carbocycles. The maximum atomic E-state index is 12.4. The van der Waals surface area contributed by atoms with Crippen molar-refractivity contribution in [1.29, 1.82) is 0 Å². The molecule has 0 unspecified atom stereocenters. The van der Waals surface area contributed by atoms with E-state index in [1.807, 2.05) is 54.6 Å². The Kier molecular flexibility index (Phi) is 7.07. The topological polar surface area (TPSA) is 46.9 Å². The highest BCUT2D eigenvalue weighted by atomic mass is 32.2. The van der Waals surface area contributed by atoms with E-state index in [1.54, 1.807) is 0 Å². The van der Waals surface area contributed by atoms with Crippen LogP contribution in [-0.4, -0.2) is 27.8 Å². The van der Waals surface area contributed by atoms with Gasteiger partial charge in [-0.3, -0.25) is 9.36 Å². The van der Waals surface area contributed by atoms with Gasteiger partial charge in [-0.1, -0.05) is 104 Å². The molecule has 1 amide bonds. The molecule has 3 aromatic carbocycles. The largest absolute Gasteiger partial charge is 0.355 e. The lowest BCUT2D eigenvalue weighted by molar-refractivity contribution is -0.118. The van der Waals surface area contributed by atoms with E-state index in [2.05, 4.69) is 60.1 Å². The van der Waals surface area contributed by atoms with E-state index >= 15 is 0 Å². The minimum Gasteiger partial charge on any atom is -0.355 e. The molecule has 4 nitrogen and oxygen atoms in total. The van der Waals surface area contributed by atoms with Gasteiger partial charge in [0.25, 0.3) is 0 Å². The van der Waals surface area contributed by atoms with E-state index in [1.165, 1.54) is 11.8 Å². The lowest BCUT2D eigenvalue weighted by Gasteiger charge is -2.13. The van der Waals surface area contributed by atoms with E-state index in [-0.39, 0.29) is 5.91 Å². The fourth-order valence-electron chi connectivity index (χ4n) is 3.47. The Labute approximate surface area is 193 Å². The Morgan fingerprint density at radius 3 is 2.03 bits per heavy atom. The average Bonchev–Trinajstić information content (AvgIpc) is 3.22. The molecule has 0 aliphatic heterocycles. The van der Waals surface area contributed by atoms with E-state index in [0.717, 1.165) is 33.4 Å². The van der Waals surface area contributed by atoms with Gasteiger partial charge in [-0.2, -0.15) is 0 Å². The number of aromatic nitrogens is 2. The Morgan fingerprint density at radius 1 is 0.875 bits per heavy atom. The number of imidazole rings is 1. The van der Waals surface area contributed by atoms with Crippen LogP contribution in [0.5, 0.6) is 0 Å². The van der Waals surface area contributed by atoms with Crippen molar-refractivity contribution < 1.29 is 4.79 Å². The summed E-state index contributed by atoms with van der Waals surface area (Å²) in [5, 5.41) is 3.80. The molecule has 5 heteroatoms. The van der Waals surface area contributed by atoms with Crippen LogP contribution in [0.1, 0.15) is 13.8 Å². The second-order valence-corrected chi connectivity index (χ2v) is 8.92. The first-order chi connectivity index (χ1) is 15.6. The van der Waals surface area contributed by atoms with Gasteiger partial charge in [0.1, 0.15) is 0 Å². The standard InChI is InChI=1S/C27H27N3OS/c1-20(2)18-28-24(31)19-32-27-29-25(21-12-6-3-7-13-21)26(22-14-8-4-9-15-22)30(27)23-16-10-5-11-17-23/h3-17,20H,18-19H2,1-2H3,(H,28,31). The lowest BCUT2D eigenvalue weighted by atomic mass is 10.0. The zero-order valence-corrected chi connectivity index (χ0v) is 19.2. The molecule has 0 radical (unpaired) electrons. The summed E-state index contributed by atoms with van der Waals surface area (Å²) in [5.41, 5.74) is 5.08. The number of nitrogens with one attached hydrogen (secondary N) is 1. The summed E-state index contributed by atoms with van der Waals surface area (Å²) < 4.78 is 2.16. The monoisotopic (exact) mass is 441 g/mol. The second-order valence-electron chi connectivity index (χ2n) is 7.98. The predicted molar refractivity (Wildman–Crippen MR) is 133 cm³/mol. The molecule has 0 atom stereocenters. The van der Waals surface area contributed by atoms with E-state index in [9.17, 15) is 4.79 Å². The third kappa shape index (κ3) is 5.11. The van der Waals surface area contributed by atoms with E-state index in [0.29, 0.717) is 18.2 Å². The van der Waals surface area contributed by atoms with Crippen LogP contribution in [0, 0.1) is 5.92 Å². The van der Waals surface area contributed by atoms with Gasteiger partial charge in [-0.05, 0) is 18.1 Å². The van der Waals surface area contributed by atoms with E-state index in [4.69, 9.17) is 4.98 Å². The quantitative estimate of drug-likeness (QED) is 0.338. The minimum absolute atomic E-state index is 0.0221. The van der Waals surface area contributed by atoms with Crippen molar-refractivity contribution in [2.45, 2.75) is 19.0 Å². The summed E-state index contributed by atoms with van der Waals surface area (Å²) in [7, 11) is 0. The van der Waals surface area contributed by atoms with Crippen molar-refractivity contribution in [3.8, 4) is 28.2 Å². The molecule has 0 saturated heterocycles. The fraction of sp³-hybridized carbons (Fsp3) is 0.185. The SMILES string of the molecule is CC(C)CNC(=O)CSc1nc(-c2ccccc2)c(-c2ccccc2)n1-c1ccccc1. The molecule has 1 aromatic heterocycles. The van der Waals surface area contributed by atoms with Crippen LogP contribution in [0.4, 0.5) is 0 Å². The Balaban J connectivity index is 1.82. The summed E-state index contributed by atoms with van der Waals surface area (Å²) in [5.74, 6) is 0.761. The Hall–Kier alpha value is -3.31. The number of carbonyl (C=O) groups is 1. The molecule has 0 fully saturated rings.